The van der Waals surface area contributed by atoms with Crippen LogP contribution in [0.25, 0.3) is 0 Å². The topological polar surface area (TPSA) is 90.3 Å². The fraction of sp³-hybridized carbons (Fsp3) is 0.611. The minimum absolute atomic E-state index is 0.0702. The number of aliphatic hydroxyl groups is 1. The lowest BCUT2D eigenvalue weighted by Crippen LogP contribution is -2.38. The fourth-order valence-corrected chi connectivity index (χ4v) is 3.50. The van der Waals surface area contributed by atoms with E-state index in [0.29, 0.717) is 24.7 Å². The number of aryl methyl sites for hydroxylation is 1. The average molecular weight is 360 g/mol. The number of hydrogen-bond acceptors (Lipinski definition) is 5. The molecule has 1 saturated heterocycles. The molecule has 0 radical (unpaired) electrons. The number of piperidine rings is 1. The Morgan fingerprint density at radius 1 is 1.38 bits per heavy atom. The van der Waals surface area contributed by atoms with Crippen LogP contribution in [0.4, 0.5) is 0 Å². The Morgan fingerprint density at radius 2 is 2.12 bits per heavy atom. The molecule has 2 N–H and O–H groups in total. The van der Waals surface area contributed by atoms with Crippen LogP contribution in [0, 0.1) is 6.92 Å². The zero-order valence-corrected chi connectivity index (χ0v) is 15.8. The summed E-state index contributed by atoms with van der Waals surface area (Å²) >= 11 is 0. The highest BCUT2D eigenvalue weighted by atomic mass is 16.3. The largest absolute Gasteiger partial charge is 0.395 e. The summed E-state index contributed by atoms with van der Waals surface area (Å²) < 4.78 is 2.06. The lowest BCUT2D eigenvalue weighted by Gasteiger charge is -2.31. The monoisotopic (exact) mass is 360 g/mol. The number of amides is 1. The van der Waals surface area contributed by atoms with Crippen LogP contribution in [-0.2, 0) is 13.6 Å². The number of carbonyl (C=O) groups excluding carboxylic acids is 1. The molecule has 26 heavy (non-hydrogen) atoms. The van der Waals surface area contributed by atoms with E-state index in [1.807, 2.05) is 43.1 Å². The van der Waals surface area contributed by atoms with Crippen LogP contribution in [0.2, 0.25) is 0 Å². The maximum Gasteiger partial charge on any atom is 0.270 e. The first-order valence-electron chi connectivity index (χ1n) is 9.11. The maximum atomic E-state index is 12.5. The Balaban J connectivity index is 1.60. The summed E-state index contributed by atoms with van der Waals surface area (Å²) in [4.78, 5) is 19.5. The van der Waals surface area contributed by atoms with Gasteiger partial charge in [0, 0.05) is 38.8 Å². The summed E-state index contributed by atoms with van der Waals surface area (Å²) in [6.45, 7) is 4.84. The van der Waals surface area contributed by atoms with Gasteiger partial charge in [0.2, 0.25) is 0 Å². The quantitative estimate of drug-likeness (QED) is 0.799. The molecule has 0 unspecified atom stereocenters. The molecule has 0 bridgehead atoms. The third kappa shape index (κ3) is 3.96. The minimum atomic E-state index is 0.0702. The third-order valence-corrected chi connectivity index (χ3v) is 5.10. The summed E-state index contributed by atoms with van der Waals surface area (Å²) in [5, 5.41) is 17.7. The van der Waals surface area contributed by atoms with Gasteiger partial charge in [0.15, 0.2) is 0 Å². The Morgan fingerprint density at radius 3 is 2.73 bits per heavy atom. The number of rotatable bonds is 6. The summed E-state index contributed by atoms with van der Waals surface area (Å²) in [7, 11) is 3.95. The first-order chi connectivity index (χ1) is 12.5. The molecule has 0 atom stereocenters. The van der Waals surface area contributed by atoms with E-state index in [2.05, 4.69) is 19.7 Å². The normalized spacial score (nSPS) is 15.8. The molecule has 8 heteroatoms. The van der Waals surface area contributed by atoms with Crippen molar-refractivity contribution in [2.45, 2.75) is 32.2 Å². The van der Waals surface area contributed by atoms with Gasteiger partial charge in [0.25, 0.3) is 5.91 Å². The van der Waals surface area contributed by atoms with Crippen molar-refractivity contribution in [2.24, 2.45) is 7.05 Å². The van der Waals surface area contributed by atoms with Gasteiger partial charge in [-0.15, -0.1) is 10.2 Å². The highest BCUT2D eigenvalue weighted by molar-refractivity contribution is 5.92. The molecule has 1 fully saturated rings. The highest BCUT2D eigenvalue weighted by Crippen LogP contribution is 2.27. The molecule has 1 aliphatic heterocycles. The van der Waals surface area contributed by atoms with Crippen molar-refractivity contribution < 1.29 is 9.90 Å². The van der Waals surface area contributed by atoms with Crippen molar-refractivity contribution in [3.63, 3.8) is 0 Å². The number of aromatic nitrogens is 4. The van der Waals surface area contributed by atoms with Gasteiger partial charge in [-0.1, -0.05) is 0 Å². The third-order valence-electron chi connectivity index (χ3n) is 5.10. The van der Waals surface area contributed by atoms with E-state index in [1.165, 1.54) is 0 Å². The summed E-state index contributed by atoms with van der Waals surface area (Å²) in [5.74, 6) is 2.27. The maximum absolute atomic E-state index is 12.5. The number of aromatic amines is 1. The van der Waals surface area contributed by atoms with Gasteiger partial charge >= 0.3 is 0 Å². The van der Waals surface area contributed by atoms with Crippen LogP contribution in [-0.4, -0.2) is 73.9 Å². The molecule has 0 aromatic carbocycles. The molecular formula is C18H28N6O2. The minimum Gasteiger partial charge on any atom is -0.395 e. The van der Waals surface area contributed by atoms with Gasteiger partial charge < -0.3 is 19.6 Å². The number of nitrogens with one attached hydrogen (secondary N) is 1. The SMILES string of the molecule is Cc1c[nH]c(C(=O)N2CCC(c3nnc(CN(C)CCO)n3C)CC2)c1. The molecule has 0 saturated carbocycles. The van der Waals surface area contributed by atoms with Crippen molar-refractivity contribution >= 4 is 5.91 Å². The molecule has 8 nitrogen and oxygen atoms in total. The summed E-state index contributed by atoms with van der Waals surface area (Å²) in [6.07, 6.45) is 3.64. The van der Waals surface area contributed by atoms with Crippen molar-refractivity contribution in [3.8, 4) is 0 Å². The van der Waals surface area contributed by atoms with E-state index in [-0.39, 0.29) is 12.5 Å². The average Bonchev–Trinajstić information content (AvgIpc) is 3.21. The number of likely N-dealkylation sites (N-methyl/N-ethyl adjacent to an activating group) is 1. The number of likely N-dealkylation sites (tertiary alicyclic amines) is 1. The molecule has 2 aromatic heterocycles. The van der Waals surface area contributed by atoms with Crippen molar-refractivity contribution in [1.29, 1.82) is 0 Å². The molecule has 1 aliphatic rings. The van der Waals surface area contributed by atoms with Crippen molar-refractivity contribution in [3.05, 3.63) is 35.2 Å². The molecule has 3 rings (SSSR count). The van der Waals surface area contributed by atoms with Crippen molar-refractivity contribution in [2.75, 3.05) is 33.3 Å². The van der Waals surface area contributed by atoms with Gasteiger partial charge in [-0.05, 0) is 38.4 Å². The van der Waals surface area contributed by atoms with Crippen LogP contribution in [0.15, 0.2) is 12.3 Å². The predicted molar refractivity (Wildman–Crippen MR) is 97.8 cm³/mol. The highest BCUT2D eigenvalue weighted by Gasteiger charge is 2.28. The van der Waals surface area contributed by atoms with Crippen LogP contribution >= 0.6 is 0 Å². The zero-order chi connectivity index (χ0) is 18.7. The van der Waals surface area contributed by atoms with Gasteiger partial charge in [-0.3, -0.25) is 9.69 Å². The number of nitrogens with zero attached hydrogens (tertiary/aromatic N) is 5. The second-order valence-electron chi connectivity index (χ2n) is 7.15. The van der Waals surface area contributed by atoms with Crippen LogP contribution < -0.4 is 0 Å². The van der Waals surface area contributed by atoms with E-state index in [4.69, 9.17) is 5.11 Å². The summed E-state index contributed by atoms with van der Waals surface area (Å²) in [6, 6.07) is 1.90. The van der Waals surface area contributed by atoms with Crippen LogP contribution in [0.3, 0.4) is 0 Å². The lowest BCUT2D eigenvalue weighted by atomic mass is 9.95. The van der Waals surface area contributed by atoms with Gasteiger partial charge in [0.1, 0.15) is 17.3 Å². The van der Waals surface area contributed by atoms with Gasteiger partial charge in [0.05, 0.1) is 13.2 Å². The molecule has 3 heterocycles. The number of carbonyl (C=O) groups is 1. The molecule has 142 valence electrons. The Kier molecular flexibility index (Phi) is 5.73. The van der Waals surface area contributed by atoms with E-state index >= 15 is 0 Å². The Labute approximate surface area is 153 Å². The standard InChI is InChI=1S/C18H28N6O2/c1-13-10-15(19-11-13)18(26)24-6-4-14(5-7-24)17-21-20-16(23(17)3)12-22(2)8-9-25/h10-11,14,19,25H,4-9,12H2,1-3H3. The first kappa shape index (κ1) is 18.6. The second kappa shape index (κ2) is 8.01. The number of hydrogen-bond donors (Lipinski definition) is 2. The molecule has 2 aromatic rings. The first-order valence-corrected chi connectivity index (χ1v) is 9.11. The van der Waals surface area contributed by atoms with E-state index in [0.717, 1.165) is 43.1 Å². The van der Waals surface area contributed by atoms with Crippen LogP contribution in [0.5, 0.6) is 0 Å². The fourth-order valence-electron chi connectivity index (χ4n) is 3.50. The molecule has 0 spiro atoms. The predicted octanol–water partition coefficient (Wildman–Crippen LogP) is 0.896. The number of H-pyrrole nitrogens is 1. The van der Waals surface area contributed by atoms with E-state index in [1.54, 1.807) is 0 Å². The molecule has 0 aliphatic carbocycles. The lowest BCUT2D eigenvalue weighted by molar-refractivity contribution is 0.0705. The summed E-state index contributed by atoms with van der Waals surface area (Å²) in [5.41, 5.74) is 1.73. The van der Waals surface area contributed by atoms with Gasteiger partial charge in [-0.25, -0.2) is 0 Å². The van der Waals surface area contributed by atoms with Gasteiger partial charge in [-0.2, -0.15) is 0 Å². The smallest absolute Gasteiger partial charge is 0.270 e. The zero-order valence-electron chi connectivity index (χ0n) is 15.8. The van der Waals surface area contributed by atoms with E-state index in [9.17, 15) is 4.79 Å². The second-order valence-corrected chi connectivity index (χ2v) is 7.15. The van der Waals surface area contributed by atoms with Crippen molar-refractivity contribution in [1.82, 2.24) is 29.5 Å². The molecular weight excluding hydrogens is 332 g/mol. The Bertz CT molecular complexity index is 745. The number of aliphatic hydroxyl groups excluding tert-OH is 1. The van der Waals surface area contributed by atoms with E-state index < -0.39 is 0 Å². The Hall–Kier alpha value is -2.19. The molecule has 1 amide bonds. The van der Waals surface area contributed by atoms with Crippen LogP contribution in [0.1, 0.15) is 46.5 Å².